The first kappa shape index (κ1) is 14.4. The molecule has 0 fully saturated rings. The number of aryl methyl sites for hydroxylation is 1. The van der Waals surface area contributed by atoms with Crippen LogP contribution >= 0.6 is 0 Å². The number of aromatic nitrogens is 1. The lowest BCUT2D eigenvalue weighted by molar-refractivity contribution is 0.0526. The molecule has 0 radical (unpaired) electrons. The second kappa shape index (κ2) is 5.67. The van der Waals surface area contributed by atoms with Gasteiger partial charge in [-0.05, 0) is 43.7 Å². The minimum absolute atomic E-state index is 0.281. The van der Waals surface area contributed by atoms with Crippen LogP contribution in [0.15, 0.2) is 30.5 Å². The first-order valence-corrected chi connectivity index (χ1v) is 7.28. The maximum Gasteiger partial charge on any atom is 0.338 e. The Morgan fingerprint density at radius 3 is 2.73 bits per heavy atom. The minimum Gasteiger partial charge on any atom is -0.506 e. The Morgan fingerprint density at radius 2 is 2.05 bits per heavy atom. The zero-order chi connectivity index (χ0) is 15.7. The van der Waals surface area contributed by atoms with Crippen LogP contribution in [0.2, 0.25) is 0 Å². The van der Waals surface area contributed by atoms with Crippen LogP contribution < -0.4 is 4.90 Å². The van der Waals surface area contributed by atoms with Gasteiger partial charge in [0.25, 0.3) is 0 Å². The van der Waals surface area contributed by atoms with Crippen molar-refractivity contribution in [3.8, 4) is 5.75 Å². The van der Waals surface area contributed by atoms with Crippen molar-refractivity contribution >= 4 is 11.7 Å². The number of benzene rings is 1. The normalized spacial score (nSPS) is 13.1. The van der Waals surface area contributed by atoms with Gasteiger partial charge >= 0.3 is 5.97 Å². The molecule has 114 valence electrons. The van der Waals surface area contributed by atoms with Gasteiger partial charge in [0.2, 0.25) is 0 Å². The molecular formula is C17H18N2O3. The van der Waals surface area contributed by atoms with Crippen molar-refractivity contribution in [2.45, 2.75) is 26.9 Å². The van der Waals surface area contributed by atoms with Crippen LogP contribution in [0.4, 0.5) is 5.69 Å². The molecule has 22 heavy (non-hydrogen) atoms. The van der Waals surface area contributed by atoms with E-state index < -0.39 is 0 Å². The van der Waals surface area contributed by atoms with E-state index in [1.54, 1.807) is 26.0 Å². The van der Waals surface area contributed by atoms with Crippen molar-refractivity contribution in [1.82, 2.24) is 4.98 Å². The monoisotopic (exact) mass is 298 g/mol. The average Bonchev–Trinajstić information content (AvgIpc) is 2.96. The van der Waals surface area contributed by atoms with Crippen LogP contribution in [0.25, 0.3) is 0 Å². The van der Waals surface area contributed by atoms with E-state index in [0.29, 0.717) is 31.0 Å². The number of carbonyl (C=O) groups is 1. The fraction of sp³-hybridized carbons (Fsp3) is 0.294. The summed E-state index contributed by atoms with van der Waals surface area (Å²) >= 11 is 0. The van der Waals surface area contributed by atoms with Crippen LogP contribution in [-0.4, -0.2) is 22.7 Å². The van der Waals surface area contributed by atoms with Gasteiger partial charge in [-0.15, -0.1) is 0 Å². The number of pyridine rings is 1. The Hall–Kier alpha value is -2.56. The minimum atomic E-state index is -0.309. The molecule has 0 saturated heterocycles. The Labute approximate surface area is 129 Å². The predicted octanol–water partition coefficient (Wildman–Crippen LogP) is 2.79. The van der Waals surface area contributed by atoms with E-state index in [2.05, 4.69) is 9.88 Å². The van der Waals surface area contributed by atoms with Crippen LogP contribution in [0.5, 0.6) is 5.75 Å². The molecule has 1 aliphatic heterocycles. The van der Waals surface area contributed by atoms with E-state index in [1.807, 2.05) is 18.3 Å². The summed E-state index contributed by atoms with van der Waals surface area (Å²) in [5.74, 6) is -0.0284. The summed E-state index contributed by atoms with van der Waals surface area (Å²) in [5, 5.41) is 10.1. The van der Waals surface area contributed by atoms with E-state index in [1.165, 1.54) is 0 Å². The average molecular weight is 298 g/mol. The Morgan fingerprint density at radius 1 is 1.32 bits per heavy atom. The lowest BCUT2D eigenvalue weighted by Crippen LogP contribution is -2.14. The van der Waals surface area contributed by atoms with Crippen molar-refractivity contribution < 1.29 is 14.6 Å². The van der Waals surface area contributed by atoms with E-state index >= 15 is 0 Å². The Kier molecular flexibility index (Phi) is 3.71. The highest BCUT2D eigenvalue weighted by atomic mass is 16.5. The van der Waals surface area contributed by atoms with Gasteiger partial charge in [0, 0.05) is 30.5 Å². The molecular weight excluding hydrogens is 280 g/mol. The van der Waals surface area contributed by atoms with Crippen LogP contribution in [0.1, 0.15) is 34.1 Å². The maximum atomic E-state index is 11.7. The summed E-state index contributed by atoms with van der Waals surface area (Å²) in [7, 11) is 0. The quantitative estimate of drug-likeness (QED) is 0.883. The zero-order valence-corrected chi connectivity index (χ0v) is 12.7. The summed E-state index contributed by atoms with van der Waals surface area (Å²) in [6.45, 7) is 5.30. The number of rotatable bonds is 3. The van der Waals surface area contributed by atoms with E-state index in [0.717, 1.165) is 16.8 Å². The van der Waals surface area contributed by atoms with E-state index in [9.17, 15) is 9.90 Å². The van der Waals surface area contributed by atoms with Crippen molar-refractivity contribution in [2.75, 3.05) is 11.5 Å². The number of carbonyl (C=O) groups excluding carboxylic acids is 1. The molecule has 1 aliphatic rings. The fourth-order valence-corrected chi connectivity index (χ4v) is 2.65. The van der Waals surface area contributed by atoms with Crippen molar-refractivity contribution in [2.24, 2.45) is 0 Å². The number of fused-ring (bicyclic) bond motifs is 1. The first-order valence-electron chi connectivity index (χ1n) is 7.28. The van der Waals surface area contributed by atoms with Crippen LogP contribution in [0.3, 0.4) is 0 Å². The molecule has 5 nitrogen and oxygen atoms in total. The molecule has 1 aromatic heterocycles. The molecule has 0 amide bonds. The maximum absolute atomic E-state index is 11.7. The molecule has 1 N–H and O–H groups in total. The second-order valence-corrected chi connectivity index (χ2v) is 5.32. The van der Waals surface area contributed by atoms with Gasteiger partial charge in [-0.3, -0.25) is 4.98 Å². The number of hydrogen-bond acceptors (Lipinski definition) is 5. The number of ether oxygens (including phenoxy) is 1. The lowest BCUT2D eigenvalue weighted by atomic mass is 10.1. The SMILES string of the molecule is CCOC(=O)c1ccc(N2Cc3cnc(C)c(O)c3C2)cc1. The third-order valence-corrected chi connectivity index (χ3v) is 3.88. The molecule has 3 rings (SSSR count). The van der Waals surface area contributed by atoms with Gasteiger partial charge in [0.05, 0.1) is 17.9 Å². The number of aromatic hydroxyl groups is 1. The summed E-state index contributed by atoms with van der Waals surface area (Å²) in [4.78, 5) is 18.0. The number of hydrogen-bond donors (Lipinski definition) is 1. The Balaban J connectivity index is 1.80. The highest BCUT2D eigenvalue weighted by Gasteiger charge is 2.23. The molecule has 5 heteroatoms. The molecule has 0 bridgehead atoms. The number of nitrogens with zero attached hydrogens (tertiary/aromatic N) is 2. The van der Waals surface area contributed by atoms with E-state index in [4.69, 9.17) is 4.74 Å². The summed E-state index contributed by atoms with van der Waals surface area (Å²) in [6.07, 6.45) is 1.82. The van der Waals surface area contributed by atoms with Gasteiger partial charge in [-0.1, -0.05) is 0 Å². The zero-order valence-electron chi connectivity index (χ0n) is 12.7. The second-order valence-electron chi connectivity index (χ2n) is 5.32. The molecule has 0 saturated carbocycles. The van der Waals surface area contributed by atoms with Gasteiger partial charge in [0.1, 0.15) is 5.75 Å². The third kappa shape index (κ3) is 2.50. The highest BCUT2D eigenvalue weighted by Crippen LogP contribution is 2.34. The summed E-state index contributed by atoms with van der Waals surface area (Å²) in [5.41, 5.74) is 4.17. The Bertz CT molecular complexity index is 711. The van der Waals surface area contributed by atoms with Gasteiger partial charge < -0.3 is 14.7 Å². The third-order valence-electron chi connectivity index (χ3n) is 3.88. The molecule has 0 unspecified atom stereocenters. The summed E-state index contributed by atoms with van der Waals surface area (Å²) < 4.78 is 4.98. The molecule has 2 aromatic rings. The van der Waals surface area contributed by atoms with Crippen molar-refractivity contribution in [3.63, 3.8) is 0 Å². The van der Waals surface area contributed by atoms with Crippen LogP contribution in [-0.2, 0) is 17.8 Å². The molecule has 1 aromatic carbocycles. The van der Waals surface area contributed by atoms with Crippen LogP contribution in [0, 0.1) is 6.92 Å². The predicted molar refractivity (Wildman–Crippen MR) is 82.9 cm³/mol. The largest absolute Gasteiger partial charge is 0.506 e. The molecule has 2 heterocycles. The standard InChI is InChI=1S/C17H18N2O3/c1-3-22-17(21)12-4-6-14(7-5-12)19-9-13-8-18-11(2)16(20)15(13)10-19/h4-8,20H,3,9-10H2,1-2H3. The highest BCUT2D eigenvalue weighted by molar-refractivity contribution is 5.89. The molecule has 0 atom stereocenters. The van der Waals surface area contributed by atoms with Crippen molar-refractivity contribution in [1.29, 1.82) is 0 Å². The topological polar surface area (TPSA) is 62.7 Å². The number of anilines is 1. The molecule has 0 spiro atoms. The van der Waals surface area contributed by atoms with Crippen molar-refractivity contribution in [3.05, 3.63) is 52.8 Å². The first-order chi connectivity index (χ1) is 10.6. The van der Waals surface area contributed by atoms with Gasteiger partial charge in [-0.2, -0.15) is 0 Å². The lowest BCUT2D eigenvalue weighted by Gasteiger charge is -2.17. The smallest absolute Gasteiger partial charge is 0.338 e. The fourth-order valence-electron chi connectivity index (χ4n) is 2.65. The summed E-state index contributed by atoms with van der Waals surface area (Å²) in [6, 6.07) is 7.32. The molecule has 0 aliphatic carbocycles. The number of esters is 1. The van der Waals surface area contributed by atoms with E-state index in [-0.39, 0.29) is 11.7 Å². The van der Waals surface area contributed by atoms with Gasteiger partial charge in [-0.25, -0.2) is 4.79 Å². The van der Waals surface area contributed by atoms with Gasteiger partial charge in [0.15, 0.2) is 0 Å².